The fraction of sp³-hybridized carbons (Fsp3) is 0.545. The van der Waals surface area contributed by atoms with Crippen LogP contribution < -0.4 is 5.32 Å². The van der Waals surface area contributed by atoms with E-state index in [1.54, 1.807) is 6.07 Å². The minimum Gasteiger partial charge on any atom is -0.348 e. The number of aromatic nitrogens is 2. The molecule has 1 amide bonds. The molecule has 0 unspecified atom stereocenters. The van der Waals surface area contributed by atoms with E-state index in [9.17, 15) is 9.18 Å². The number of rotatable bonds is 4. The van der Waals surface area contributed by atoms with Crippen molar-refractivity contribution in [2.45, 2.75) is 52.0 Å². The zero-order valence-electron chi connectivity index (χ0n) is 16.7. The Hall–Kier alpha value is -2.21. The fourth-order valence-corrected chi connectivity index (χ4v) is 4.56. The highest BCUT2D eigenvalue weighted by atomic mass is 19.1. The molecule has 1 aromatic heterocycles. The molecule has 1 aromatic carbocycles. The number of piperidine rings is 1. The molecule has 4 rings (SSSR count). The first-order valence-electron chi connectivity index (χ1n) is 10.3. The summed E-state index contributed by atoms with van der Waals surface area (Å²) in [5.74, 6) is -0.197. The van der Waals surface area contributed by atoms with Crippen LogP contribution in [0.2, 0.25) is 0 Å². The van der Waals surface area contributed by atoms with Crippen molar-refractivity contribution in [3.05, 3.63) is 47.5 Å². The molecule has 0 bridgehead atoms. The van der Waals surface area contributed by atoms with Crippen molar-refractivity contribution in [3.8, 4) is 5.69 Å². The SMILES string of the molecule is CC1(C)Cc2c(cnn2-c2cccc(F)c2)[C@H](NC(=O)CN2CCCCC2)C1. The molecule has 1 aliphatic heterocycles. The summed E-state index contributed by atoms with van der Waals surface area (Å²) < 4.78 is 15.5. The van der Waals surface area contributed by atoms with E-state index in [-0.39, 0.29) is 23.2 Å². The molecule has 1 N–H and O–H groups in total. The zero-order valence-corrected chi connectivity index (χ0v) is 16.7. The number of nitrogens with zero attached hydrogens (tertiary/aromatic N) is 3. The number of halogens is 1. The van der Waals surface area contributed by atoms with Gasteiger partial charge in [0, 0.05) is 5.56 Å². The number of amides is 1. The van der Waals surface area contributed by atoms with E-state index in [2.05, 4.69) is 29.2 Å². The number of fused-ring (bicyclic) bond motifs is 1. The number of benzene rings is 1. The lowest BCUT2D eigenvalue weighted by Crippen LogP contribution is -2.43. The Bertz CT molecular complexity index is 854. The number of carbonyl (C=O) groups is 1. The van der Waals surface area contributed by atoms with Gasteiger partial charge in [-0.05, 0) is 62.4 Å². The fourth-order valence-electron chi connectivity index (χ4n) is 4.56. The van der Waals surface area contributed by atoms with Crippen molar-refractivity contribution in [3.63, 3.8) is 0 Å². The van der Waals surface area contributed by atoms with Crippen LogP contribution in [0.5, 0.6) is 0 Å². The minimum atomic E-state index is -0.275. The van der Waals surface area contributed by atoms with Gasteiger partial charge >= 0.3 is 0 Å². The topological polar surface area (TPSA) is 50.2 Å². The summed E-state index contributed by atoms with van der Waals surface area (Å²) in [7, 11) is 0. The van der Waals surface area contributed by atoms with E-state index in [1.165, 1.54) is 31.4 Å². The first kappa shape index (κ1) is 19.1. The largest absolute Gasteiger partial charge is 0.348 e. The highest BCUT2D eigenvalue weighted by molar-refractivity contribution is 5.78. The van der Waals surface area contributed by atoms with Crippen LogP contribution in [0.3, 0.4) is 0 Å². The number of likely N-dealkylation sites (tertiary alicyclic amines) is 1. The molecule has 2 heterocycles. The first-order valence-corrected chi connectivity index (χ1v) is 10.3. The maximum absolute atomic E-state index is 13.7. The predicted molar refractivity (Wildman–Crippen MR) is 107 cm³/mol. The van der Waals surface area contributed by atoms with E-state index in [4.69, 9.17) is 0 Å². The Balaban J connectivity index is 1.56. The standard InChI is InChI=1S/C22H29FN4O/c1-22(2)12-19(25-21(28)15-26-9-4-3-5-10-26)18-14-24-27(20(18)13-22)17-8-6-7-16(23)11-17/h6-8,11,14,19H,3-5,9-10,12-13,15H2,1-2H3,(H,25,28)/t19-/m1/s1. The number of carbonyl (C=O) groups excluding carboxylic acids is 1. The summed E-state index contributed by atoms with van der Waals surface area (Å²) in [4.78, 5) is 14.9. The van der Waals surface area contributed by atoms with Crippen LogP contribution in [0.4, 0.5) is 4.39 Å². The Kier molecular flexibility index (Phi) is 5.23. The molecule has 0 radical (unpaired) electrons. The van der Waals surface area contributed by atoms with Crippen LogP contribution in [-0.2, 0) is 11.2 Å². The Labute approximate surface area is 165 Å². The highest BCUT2D eigenvalue weighted by Gasteiger charge is 2.36. The van der Waals surface area contributed by atoms with Crippen molar-refractivity contribution >= 4 is 5.91 Å². The van der Waals surface area contributed by atoms with Crippen molar-refractivity contribution in [2.24, 2.45) is 5.41 Å². The molecule has 2 aromatic rings. The second-order valence-corrected chi connectivity index (χ2v) is 8.94. The van der Waals surface area contributed by atoms with Crippen molar-refractivity contribution in [1.82, 2.24) is 20.0 Å². The van der Waals surface area contributed by atoms with Crippen molar-refractivity contribution in [1.29, 1.82) is 0 Å². The third kappa shape index (κ3) is 4.12. The maximum Gasteiger partial charge on any atom is 0.234 e. The summed E-state index contributed by atoms with van der Waals surface area (Å²) in [6, 6.07) is 6.44. The average molecular weight is 384 g/mol. The van der Waals surface area contributed by atoms with E-state index in [0.717, 1.165) is 42.9 Å². The smallest absolute Gasteiger partial charge is 0.234 e. The lowest BCUT2D eigenvalue weighted by atomic mass is 9.74. The minimum absolute atomic E-state index is 0.0289. The Morgan fingerprint density at radius 1 is 1.29 bits per heavy atom. The Morgan fingerprint density at radius 2 is 2.07 bits per heavy atom. The van der Waals surface area contributed by atoms with E-state index in [0.29, 0.717) is 6.54 Å². The van der Waals surface area contributed by atoms with E-state index < -0.39 is 0 Å². The van der Waals surface area contributed by atoms with Crippen LogP contribution in [0.1, 0.15) is 56.8 Å². The number of hydrogen-bond acceptors (Lipinski definition) is 3. The molecular formula is C22H29FN4O. The molecule has 1 atom stereocenters. The van der Waals surface area contributed by atoms with Crippen LogP contribution >= 0.6 is 0 Å². The molecule has 0 saturated carbocycles. The molecule has 1 saturated heterocycles. The number of nitrogens with one attached hydrogen (secondary N) is 1. The molecule has 2 aliphatic rings. The monoisotopic (exact) mass is 384 g/mol. The molecule has 1 aliphatic carbocycles. The van der Waals surface area contributed by atoms with E-state index in [1.807, 2.05) is 16.9 Å². The van der Waals surface area contributed by atoms with Gasteiger partial charge in [0.15, 0.2) is 0 Å². The normalized spacial score (nSPS) is 21.9. The quantitative estimate of drug-likeness (QED) is 0.876. The van der Waals surface area contributed by atoms with Gasteiger partial charge < -0.3 is 5.32 Å². The third-order valence-electron chi connectivity index (χ3n) is 5.88. The van der Waals surface area contributed by atoms with Crippen molar-refractivity contribution < 1.29 is 9.18 Å². The molecule has 1 fully saturated rings. The molecule has 28 heavy (non-hydrogen) atoms. The molecule has 0 spiro atoms. The summed E-state index contributed by atoms with van der Waals surface area (Å²) in [6.07, 6.45) is 7.17. The van der Waals surface area contributed by atoms with Gasteiger partial charge in [-0.15, -0.1) is 0 Å². The van der Waals surface area contributed by atoms with Crippen LogP contribution in [0.15, 0.2) is 30.5 Å². The van der Waals surface area contributed by atoms with Crippen LogP contribution in [-0.4, -0.2) is 40.2 Å². The van der Waals surface area contributed by atoms with Gasteiger partial charge in [-0.3, -0.25) is 9.69 Å². The molecular weight excluding hydrogens is 355 g/mol. The summed E-state index contributed by atoms with van der Waals surface area (Å²) in [5, 5.41) is 7.78. The van der Waals surface area contributed by atoms with Gasteiger partial charge in [0.2, 0.25) is 5.91 Å². The van der Waals surface area contributed by atoms with Crippen LogP contribution in [0.25, 0.3) is 5.69 Å². The van der Waals surface area contributed by atoms with Gasteiger partial charge in [0.05, 0.1) is 30.2 Å². The summed E-state index contributed by atoms with van der Waals surface area (Å²) >= 11 is 0. The predicted octanol–water partition coefficient (Wildman–Crippen LogP) is 3.63. The average Bonchev–Trinajstić information content (AvgIpc) is 3.05. The highest BCUT2D eigenvalue weighted by Crippen LogP contribution is 2.41. The van der Waals surface area contributed by atoms with Crippen LogP contribution in [0, 0.1) is 11.2 Å². The summed E-state index contributed by atoms with van der Waals surface area (Å²) in [6.45, 7) is 6.90. The third-order valence-corrected chi connectivity index (χ3v) is 5.88. The second kappa shape index (κ2) is 7.66. The lowest BCUT2D eigenvalue weighted by molar-refractivity contribution is -0.123. The first-order chi connectivity index (χ1) is 13.4. The van der Waals surface area contributed by atoms with Gasteiger partial charge in [0.25, 0.3) is 0 Å². The Morgan fingerprint density at radius 3 is 2.82 bits per heavy atom. The van der Waals surface area contributed by atoms with Crippen molar-refractivity contribution in [2.75, 3.05) is 19.6 Å². The zero-order chi connectivity index (χ0) is 19.7. The number of hydrogen-bond donors (Lipinski definition) is 1. The lowest BCUT2D eigenvalue weighted by Gasteiger charge is -2.36. The maximum atomic E-state index is 13.7. The van der Waals surface area contributed by atoms with Gasteiger partial charge in [-0.1, -0.05) is 26.3 Å². The summed E-state index contributed by atoms with van der Waals surface area (Å²) in [5.41, 5.74) is 2.86. The second-order valence-electron chi connectivity index (χ2n) is 8.94. The van der Waals surface area contributed by atoms with E-state index >= 15 is 0 Å². The molecule has 150 valence electrons. The van der Waals surface area contributed by atoms with Gasteiger partial charge in [0.1, 0.15) is 5.82 Å². The molecule has 5 nitrogen and oxygen atoms in total. The van der Waals surface area contributed by atoms with Gasteiger partial charge in [-0.2, -0.15) is 5.10 Å². The van der Waals surface area contributed by atoms with Gasteiger partial charge in [-0.25, -0.2) is 9.07 Å². The molecule has 6 heteroatoms.